The van der Waals surface area contributed by atoms with Crippen LogP contribution in [0.1, 0.15) is 38.6 Å². The molecule has 0 radical (unpaired) electrons. The highest BCUT2D eigenvalue weighted by atomic mass is 16.5. The van der Waals surface area contributed by atoms with Crippen molar-refractivity contribution >= 4 is 11.8 Å². The van der Waals surface area contributed by atoms with Crippen LogP contribution in [-0.2, 0) is 20.7 Å². The van der Waals surface area contributed by atoms with Crippen molar-refractivity contribution in [1.82, 2.24) is 9.55 Å². The number of Topliss-reactive ketones (excluding diaryl/α,β-unsaturated/α-hetero) is 1. The van der Waals surface area contributed by atoms with E-state index in [0.29, 0.717) is 6.61 Å². The lowest BCUT2D eigenvalue weighted by molar-refractivity contribution is -0.141. The van der Waals surface area contributed by atoms with Crippen LogP contribution in [0.15, 0.2) is 12.4 Å². The highest BCUT2D eigenvalue weighted by Crippen LogP contribution is 2.11. The van der Waals surface area contributed by atoms with E-state index in [4.69, 9.17) is 9.84 Å². The Balaban J connectivity index is 2.38. The van der Waals surface area contributed by atoms with Crippen LogP contribution in [-0.4, -0.2) is 39.6 Å². The predicted molar refractivity (Wildman–Crippen MR) is 69.0 cm³/mol. The van der Waals surface area contributed by atoms with Gasteiger partial charge in [0.15, 0.2) is 5.78 Å². The van der Waals surface area contributed by atoms with Crippen molar-refractivity contribution in [2.45, 2.75) is 39.2 Å². The molecule has 0 fully saturated rings. The van der Waals surface area contributed by atoms with Crippen LogP contribution in [0.2, 0.25) is 0 Å². The van der Waals surface area contributed by atoms with Gasteiger partial charge in [0.05, 0.1) is 12.6 Å². The largest absolute Gasteiger partial charge is 0.481 e. The Kier molecular flexibility index (Phi) is 6.21. The quantitative estimate of drug-likeness (QED) is 0.686. The first-order chi connectivity index (χ1) is 9.04. The second kappa shape index (κ2) is 7.68. The second-order valence-electron chi connectivity index (χ2n) is 4.47. The third kappa shape index (κ3) is 5.21. The SMILES string of the molecule is CCCc1nccn1C(C)COCC(=O)CC(=O)O. The molecular weight excluding hydrogens is 248 g/mol. The lowest BCUT2D eigenvalue weighted by Gasteiger charge is -2.16. The third-order valence-electron chi connectivity index (χ3n) is 2.67. The number of carbonyl (C=O) groups excluding carboxylic acids is 1. The minimum Gasteiger partial charge on any atom is -0.481 e. The summed E-state index contributed by atoms with van der Waals surface area (Å²) in [5.74, 6) is -0.545. The summed E-state index contributed by atoms with van der Waals surface area (Å²) < 4.78 is 7.27. The highest BCUT2D eigenvalue weighted by molar-refractivity contribution is 5.95. The van der Waals surface area contributed by atoms with Crippen LogP contribution in [0, 0.1) is 0 Å². The van der Waals surface area contributed by atoms with Crippen LogP contribution < -0.4 is 0 Å². The number of ether oxygens (including phenoxy) is 1. The molecule has 0 aliphatic heterocycles. The van der Waals surface area contributed by atoms with E-state index in [0.717, 1.165) is 18.7 Å². The number of carboxylic acid groups (broad SMARTS) is 1. The Labute approximate surface area is 112 Å². The van der Waals surface area contributed by atoms with Crippen LogP contribution >= 0.6 is 0 Å². The number of rotatable bonds is 9. The maximum atomic E-state index is 11.2. The van der Waals surface area contributed by atoms with Gasteiger partial charge >= 0.3 is 5.97 Å². The normalized spacial score (nSPS) is 12.3. The zero-order valence-electron chi connectivity index (χ0n) is 11.3. The lowest BCUT2D eigenvalue weighted by Crippen LogP contribution is -2.19. The van der Waals surface area contributed by atoms with E-state index >= 15 is 0 Å². The van der Waals surface area contributed by atoms with Gasteiger partial charge in [-0.25, -0.2) is 4.98 Å². The average molecular weight is 268 g/mol. The minimum absolute atomic E-state index is 0.0710. The summed E-state index contributed by atoms with van der Waals surface area (Å²) in [7, 11) is 0. The van der Waals surface area contributed by atoms with Crippen molar-refractivity contribution in [3.8, 4) is 0 Å². The summed E-state index contributed by atoms with van der Waals surface area (Å²) in [4.78, 5) is 25.8. The Bertz CT molecular complexity index is 428. The van der Waals surface area contributed by atoms with Gasteiger partial charge in [-0.3, -0.25) is 9.59 Å². The summed E-state index contributed by atoms with van der Waals surface area (Å²) >= 11 is 0. The molecule has 6 nitrogen and oxygen atoms in total. The maximum Gasteiger partial charge on any atom is 0.310 e. The number of ketones is 1. The number of imidazole rings is 1. The van der Waals surface area contributed by atoms with Gasteiger partial charge in [0.25, 0.3) is 0 Å². The number of aryl methyl sites for hydroxylation is 1. The van der Waals surface area contributed by atoms with Crippen LogP contribution in [0.25, 0.3) is 0 Å². The Morgan fingerprint density at radius 2 is 2.26 bits per heavy atom. The van der Waals surface area contributed by atoms with E-state index in [9.17, 15) is 9.59 Å². The molecule has 0 aliphatic carbocycles. The first-order valence-corrected chi connectivity index (χ1v) is 6.37. The molecule has 1 rings (SSSR count). The number of aromatic nitrogens is 2. The predicted octanol–water partition coefficient (Wildman–Crippen LogP) is 1.46. The Morgan fingerprint density at radius 1 is 1.53 bits per heavy atom. The molecule has 1 aromatic heterocycles. The molecule has 106 valence electrons. The molecule has 1 N–H and O–H groups in total. The number of aliphatic carboxylic acids is 1. The number of hydrogen-bond donors (Lipinski definition) is 1. The standard InChI is InChI=1S/C13H20N2O4/c1-3-4-12-14-5-6-15(12)10(2)8-19-9-11(16)7-13(17)18/h5-6,10H,3-4,7-9H2,1-2H3,(H,17,18). The smallest absolute Gasteiger partial charge is 0.310 e. The van der Waals surface area contributed by atoms with Gasteiger partial charge < -0.3 is 14.4 Å². The molecule has 0 bridgehead atoms. The van der Waals surface area contributed by atoms with Gasteiger partial charge in [0.2, 0.25) is 0 Å². The van der Waals surface area contributed by atoms with Gasteiger partial charge in [0.1, 0.15) is 18.9 Å². The van der Waals surface area contributed by atoms with E-state index in [2.05, 4.69) is 11.9 Å². The van der Waals surface area contributed by atoms with Crippen molar-refractivity contribution in [2.75, 3.05) is 13.2 Å². The van der Waals surface area contributed by atoms with Crippen LogP contribution in [0.4, 0.5) is 0 Å². The summed E-state index contributed by atoms with van der Waals surface area (Å²) in [6, 6.07) is 0.0710. The zero-order chi connectivity index (χ0) is 14.3. The van der Waals surface area contributed by atoms with Crippen molar-refractivity contribution in [2.24, 2.45) is 0 Å². The third-order valence-corrected chi connectivity index (χ3v) is 2.67. The molecular formula is C13H20N2O4. The number of carbonyl (C=O) groups is 2. The number of hydrogen-bond acceptors (Lipinski definition) is 4. The monoisotopic (exact) mass is 268 g/mol. The maximum absolute atomic E-state index is 11.2. The highest BCUT2D eigenvalue weighted by Gasteiger charge is 2.12. The molecule has 19 heavy (non-hydrogen) atoms. The van der Waals surface area contributed by atoms with Gasteiger partial charge in [0, 0.05) is 18.8 Å². The minimum atomic E-state index is -1.12. The summed E-state index contributed by atoms with van der Waals surface area (Å²) in [6.07, 6.45) is 5.06. The first-order valence-electron chi connectivity index (χ1n) is 6.37. The zero-order valence-corrected chi connectivity index (χ0v) is 11.3. The molecule has 1 heterocycles. The molecule has 0 amide bonds. The van der Waals surface area contributed by atoms with E-state index in [1.807, 2.05) is 17.7 Å². The molecule has 1 unspecified atom stereocenters. The molecule has 0 saturated carbocycles. The van der Waals surface area contributed by atoms with Gasteiger partial charge in [-0.1, -0.05) is 6.92 Å². The van der Waals surface area contributed by atoms with E-state index in [1.54, 1.807) is 6.20 Å². The summed E-state index contributed by atoms with van der Waals surface area (Å²) in [5, 5.41) is 8.45. The van der Waals surface area contributed by atoms with E-state index in [-0.39, 0.29) is 12.6 Å². The fourth-order valence-corrected chi connectivity index (χ4v) is 1.81. The molecule has 0 spiro atoms. The Morgan fingerprint density at radius 3 is 2.89 bits per heavy atom. The molecule has 1 atom stereocenters. The van der Waals surface area contributed by atoms with Gasteiger partial charge in [-0.15, -0.1) is 0 Å². The van der Waals surface area contributed by atoms with E-state index < -0.39 is 18.2 Å². The van der Waals surface area contributed by atoms with Crippen LogP contribution in [0.5, 0.6) is 0 Å². The van der Waals surface area contributed by atoms with Crippen molar-refractivity contribution in [3.63, 3.8) is 0 Å². The molecule has 0 saturated heterocycles. The topological polar surface area (TPSA) is 81.4 Å². The molecule has 0 aromatic carbocycles. The molecule has 0 aliphatic rings. The van der Waals surface area contributed by atoms with Crippen molar-refractivity contribution in [3.05, 3.63) is 18.2 Å². The fraction of sp³-hybridized carbons (Fsp3) is 0.615. The van der Waals surface area contributed by atoms with E-state index in [1.165, 1.54) is 0 Å². The fourth-order valence-electron chi connectivity index (χ4n) is 1.81. The lowest BCUT2D eigenvalue weighted by atomic mass is 10.3. The average Bonchev–Trinajstić information content (AvgIpc) is 2.76. The molecule has 6 heteroatoms. The number of nitrogens with zero attached hydrogens (tertiary/aromatic N) is 2. The molecule has 1 aromatic rings. The van der Waals surface area contributed by atoms with Crippen molar-refractivity contribution < 1.29 is 19.4 Å². The van der Waals surface area contributed by atoms with Crippen molar-refractivity contribution in [1.29, 1.82) is 0 Å². The van der Waals surface area contributed by atoms with Crippen LogP contribution in [0.3, 0.4) is 0 Å². The van der Waals surface area contributed by atoms with Gasteiger partial charge in [-0.05, 0) is 13.3 Å². The summed E-state index contributed by atoms with van der Waals surface area (Å²) in [5.41, 5.74) is 0. The van der Waals surface area contributed by atoms with Gasteiger partial charge in [-0.2, -0.15) is 0 Å². The first kappa shape index (κ1) is 15.4. The Hall–Kier alpha value is -1.69. The summed E-state index contributed by atoms with van der Waals surface area (Å²) in [6.45, 7) is 4.26. The number of carboxylic acids is 1. The second-order valence-corrected chi connectivity index (χ2v) is 4.47.